The summed E-state index contributed by atoms with van der Waals surface area (Å²) in [5.41, 5.74) is 3.72. The number of rotatable bonds is 2. The fraction of sp³-hybridized carbons (Fsp3) is 0.333. The van der Waals surface area contributed by atoms with Crippen LogP contribution >= 0.6 is 0 Å². The van der Waals surface area contributed by atoms with Gasteiger partial charge in [-0.05, 0) is 30.2 Å². The lowest BCUT2D eigenvalue weighted by molar-refractivity contribution is 0.0827. The normalized spacial score (nSPS) is 26.6. The van der Waals surface area contributed by atoms with Crippen LogP contribution < -0.4 is 10.1 Å². The molecule has 0 bridgehead atoms. The monoisotopic (exact) mass is 281 g/mol. The minimum atomic E-state index is 0.168. The standard InChI is InChI=1S/C18H19NO2/c1-20-13-7-8-16-15(11-13)18-14(9-10-21-18)17(19-16)12-5-3-2-4-6-12/h2-8,11,14,17-19H,9-10H2,1H3/t14-,17-,18-/m1/s1. The van der Waals surface area contributed by atoms with Crippen molar-refractivity contribution < 1.29 is 9.47 Å². The predicted octanol–water partition coefficient (Wildman–Crippen LogP) is 3.94. The molecule has 0 saturated carbocycles. The Bertz CT molecular complexity index is 641. The second-order valence-corrected chi connectivity index (χ2v) is 5.73. The number of ether oxygens (including phenoxy) is 2. The number of fused-ring (bicyclic) bond motifs is 3. The molecule has 2 aromatic rings. The first-order chi connectivity index (χ1) is 10.4. The summed E-state index contributed by atoms with van der Waals surface area (Å²) in [5.74, 6) is 1.37. The minimum Gasteiger partial charge on any atom is -0.497 e. The lowest BCUT2D eigenvalue weighted by Gasteiger charge is -2.36. The van der Waals surface area contributed by atoms with Crippen LogP contribution in [0.2, 0.25) is 0 Å². The molecule has 2 aliphatic heterocycles. The lowest BCUT2D eigenvalue weighted by atomic mass is 9.81. The summed E-state index contributed by atoms with van der Waals surface area (Å²) < 4.78 is 11.4. The molecular formula is C18H19NO2. The quantitative estimate of drug-likeness (QED) is 0.904. The first-order valence-electron chi connectivity index (χ1n) is 7.48. The van der Waals surface area contributed by atoms with Crippen LogP contribution in [-0.2, 0) is 4.74 Å². The Labute approximate surface area is 124 Å². The summed E-state index contributed by atoms with van der Waals surface area (Å²) in [7, 11) is 1.71. The average molecular weight is 281 g/mol. The van der Waals surface area contributed by atoms with Crippen LogP contribution in [0.15, 0.2) is 48.5 Å². The van der Waals surface area contributed by atoms with Gasteiger partial charge in [-0.2, -0.15) is 0 Å². The average Bonchev–Trinajstić information content (AvgIpc) is 3.04. The fourth-order valence-corrected chi connectivity index (χ4v) is 3.57. The van der Waals surface area contributed by atoms with Crippen LogP contribution in [0, 0.1) is 5.92 Å². The van der Waals surface area contributed by atoms with Crippen molar-refractivity contribution in [2.45, 2.75) is 18.6 Å². The first kappa shape index (κ1) is 12.7. The van der Waals surface area contributed by atoms with Gasteiger partial charge in [0.1, 0.15) is 5.75 Å². The van der Waals surface area contributed by atoms with Gasteiger partial charge in [-0.15, -0.1) is 0 Å². The first-order valence-corrected chi connectivity index (χ1v) is 7.48. The highest BCUT2D eigenvalue weighted by molar-refractivity contribution is 5.59. The maximum absolute atomic E-state index is 6.04. The van der Waals surface area contributed by atoms with E-state index in [1.54, 1.807) is 7.11 Å². The topological polar surface area (TPSA) is 30.5 Å². The van der Waals surface area contributed by atoms with Gasteiger partial charge in [-0.1, -0.05) is 30.3 Å². The SMILES string of the molecule is COc1ccc2c(c1)[C@@H]1OCC[C@@H]1[C@@H](c1ccccc1)N2. The Morgan fingerprint density at radius 1 is 1.14 bits per heavy atom. The Kier molecular flexibility index (Phi) is 3.08. The summed E-state index contributed by atoms with van der Waals surface area (Å²) >= 11 is 0. The molecule has 0 unspecified atom stereocenters. The van der Waals surface area contributed by atoms with E-state index in [1.165, 1.54) is 11.1 Å². The molecule has 0 radical (unpaired) electrons. The molecule has 2 heterocycles. The van der Waals surface area contributed by atoms with Crippen LogP contribution in [-0.4, -0.2) is 13.7 Å². The van der Waals surface area contributed by atoms with Crippen LogP contribution in [0.3, 0.4) is 0 Å². The zero-order chi connectivity index (χ0) is 14.2. The van der Waals surface area contributed by atoms with Crippen LogP contribution in [0.1, 0.15) is 29.7 Å². The van der Waals surface area contributed by atoms with Crippen molar-refractivity contribution in [1.29, 1.82) is 0 Å². The smallest absolute Gasteiger partial charge is 0.119 e. The van der Waals surface area contributed by atoms with Crippen LogP contribution in [0.25, 0.3) is 0 Å². The van der Waals surface area contributed by atoms with E-state index >= 15 is 0 Å². The third-order valence-corrected chi connectivity index (χ3v) is 4.60. The van der Waals surface area contributed by atoms with Gasteiger partial charge in [-0.3, -0.25) is 0 Å². The van der Waals surface area contributed by atoms with E-state index in [-0.39, 0.29) is 6.10 Å². The van der Waals surface area contributed by atoms with E-state index in [1.807, 2.05) is 6.07 Å². The highest BCUT2D eigenvalue weighted by Crippen LogP contribution is 2.50. The van der Waals surface area contributed by atoms with Gasteiger partial charge in [0.15, 0.2) is 0 Å². The second-order valence-electron chi connectivity index (χ2n) is 5.73. The predicted molar refractivity (Wildman–Crippen MR) is 82.6 cm³/mol. The number of methoxy groups -OCH3 is 1. The largest absolute Gasteiger partial charge is 0.497 e. The van der Waals surface area contributed by atoms with Crippen molar-refractivity contribution in [3.8, 4) is 5.75 Å². The van der Waals surface area contributed by atoms with Crippen molar-refractivity contribution in [2.75, 3.05) is 19.0 Å². The Balaban J connectivity index is 1.77. The third kappa shape index (κ3) is 2.09. The molecule has 2 aromatic carbocycles. The number of hydrogen-bond donors (Lipinski definition) is 1. The van der Waals surface area contributed by atoms with Gasteiger partial charge in [-0.25, -0.2) is 0 Å². The summed E-state index contributed by atoms with van der Waals surface area (Å²) in [6.07, 6.45) is 1.26. The van der Waals surface area contributed by atoms with Gasteiger partial charge in [0.25, 0.3) is 0 Å². The maximum Gasteiger partial charge on any atom is 0.119 e. The molecule has 1 fully saturated rings. The molecule has 2 aliphatic rings. The zero-order valence-corrected chi connectivity index (χ0v) is 12.1. The Hall–Kier alpha value is -2.00. The van der Waals surface area contributed by atoms with Crippen molar-refractivity contribution >= 4 is 5.69 Å². The van der Waals surface area contributed by atoms with Crippen LogP contribution in [0.4, 0.5) is 5.69 Å². The number of hydrogen-bond acceptors (Lipinski definition) is 3. The summed E-state index contributed by atoms with van der Waals surface area (Å²) in [6.45, 7) is 0.830. The van der Waals surface area contributed by atoms with Crippen molar-refractivity contribution in [3.63, 3.8) is 0 Å². The van der Waals surface area contributed by atoms with Gasteiger partial charge < -0.3 is 14.8 Å². The summed E-state index contributed by atoms with van der Waals surface area (Å²) in [5, 5.41) is 3.70. The molecular weight excluding hydrogens is 262 g/mol. The zero-order valence-electron chi connectivity index (χ0n) is 12.1. The Morgan fingerprint density at radius 3 is 2.81 bits per heavy atom. The maximum atomic E-state index is 6.04. The van der Waals surface area contributed by atoms with Crippen molar-refractivity contribution in [3.05, 3.63) is 59.7 Å². The van der Waals surface area contributed by atoms with E-state index in [2.05, 4.69) is 47.8 Å². The van der Waals surface area contributed by atoms with Crippen molar-refractivity contribution in [2.24, 2.45) is 5.92 Å². The lowest BCUT2D eigenvalue weighted by Crippen LogP contribution is -2.29. The molecule has 3 heteroatoms. The molecule has 1 N–H and O–H groups in total. The van der Waals surface area contributed by atoms with Gasteiger partial charge in [0, 0.05) is 23.8 Å². The van der Waals surface area contributed by atoms with Gasteiger partial charge in [0.05, 0.1) is 19.3 Å². The van der Waals surface area contributed by atoms with E-state index in [0.717, 1.165) is 24.5 Å². The molecule has 0 spiro atoms. The summed E-state index contributed by atoms with van der Waals surface area (Å²) in [6, 6.07) is 17.2. The molecule has 3 nitrogen and oxygen atoms in total. The van der Waals surface area contributed by atoms with Crippen LogP contribution in [0.5, 0.6) is 5.75 Å². The summed E-state index contributed by atoms with van der Waals surface area (Å²) in [4.78, 5) is 0. The third-order valence-electron chi connectivity index (χ3n) is 4.60. The minimum absolute atomic E-state index is 0.168. The number of anilines is 1. The van der Waals surface area contributed by atoms with Crippen molar-refractivity contribution in [1.82, 2.24) is 0 Å². The fourth-order valence-electron chi connectivity index (χ4n) is 3.57. The van der Waals surface area contributed by atoms with E-state index in [0.29, 0.717) is 12.0 Å². The Morgan fingerprint density at radius 2 is 2.00 bits per heavy atom. The molecule has 21 heavy (non-hydrogen) atoms. The molecule has 1 saturated heterocycles. The van der Waals surface area contributed by atoms with Gasteiger partial charge in [0.2, 0.25) is 0 Å². The molecule has 3 atom stereocenters. The molecule has 4 rings (SSSR count). The van der Waals surface area contributed by atoms with E-state index < -0.39 is 0 Å². The molecule has 108 valence electrons. The highest BCUT2D eigenvalue weighted by atomic mass is 16.5. The van der Waals surface area contributed by atoms with E-state index in [9.17, 15) is 0 Å². The van der Waals surface area contributed by atoms with E-state index in [4.69, 9.17) is 9.47 Å². The second kappa shape index (κ2) is 5.08. The van der Waals surface area contributed by atoms with Gasteiger partial charge >= 0.3 is 0 Å². The molecule has 0 amide bonds. The number of nitrogens with one attached hydrogen (secondary N) is 1. The highest BCUT2D eigenvalue weighted by Gasteiger charge is 2.41. The molecule has 0 aliphatic carbocycles. The molecule has 0 aromatic heterocycles. The number of benzene rings is 2.